The van der Waals surface area contributed by atoms with Crippen molar-refractivity contribution in [3.8, 4) is 0 Å². The maximum atomic E-state index is 12.1. The van der Waals surface area contributed by atoms with Crippen molar-refractivity contribution in [1.29, 1.82) is 0 Å². The average molecular weight is 344 g/mol. The Morgan fingerprint density at radius 1 is 1.08 bits per heavy atom. The highest BCUT2D eigenvalue weighted by atomic mass is 32.2. The smallest absolute Gasteiger partial charge is 0.251 e. The summed E-state index contributed by atoms with van der Waals surface area (Å²) in [7, 11) is -3.40. The van der Waals surface area contributed by atoms with Crippen LogP contribution in [-0.4, -0.2) is 26.6 Å². The normalized spacial score (nSPS) is 14.2. The van der Waals surface area contributed by atoms with E-state index in [-0.39, 0.29) is 12.5 Å². The fraction of sp³-hybridized carbons (Fsp3) is 0.278. The first-order chi connectivity index (χ1) is 11.4. The van der Waals surface area contributed by atoms with Gasteiger partial charge in [-0.2, -0.15) is 0 Å². The zero-order valence-electron chi connectivity index (χ0n) is 13.5. The van der Waals surface area contributed by atoms with Crippen LogP contribution >= 0.6 is 0 Å². The summed E-state index contributed by atoms with van der Waals surface area (Å²) in [6, 6.07) is 16.4. The monoisotopic (exact) mass is 344 g/mol. The highest BCUT2D eigenvalue weighted by Crippen LogP contribution is 2.21. The Balaban J connectivity index is 1.76. The molecule has 0 heterocycles. The van der Waals surface area contributed by atoms with Crippen molar-refractivity contribution < 1.29 is 13.2 Å². The molecule has 1 saturated carbocycles. The lowest BCUT2D eigenvalue weighted by Gasteiger charge is -2.22. The number of hydrogen-bond acceptors (Lipinski definition) is 3. The Morgan fingerprint density at radius 2 is 1.71 bits per heavy atom. The highest BCUT2D eigenvalue weighted by Gasteiger charge is 2.24. The van der Waals surface area contributed by atoms with Gasteiger partial charge in [0, 0.05) is 11.6 Å². The van der Waals surface area contributed by atoms with Gasteiger partial charge in [-0.3, -0.25) is 9.10 Å². The minimum absolute atomic E-state index is 0.0768. The Hall–Kier alpha value is -2.34. The van der Waals surface area contributed by atoms with Crippen molar-refractivity contribution in [2.24, 2.45) is 0 Å². The summed E-state index contributed by atoms with van der Waals surface area (Å²) in [6.07, 6.45) is 3.28. The standard InChI is InChI=1S/C18H20N2O3S/c1-24(22,23)20(17-5-3-2-4-6-17)13-14-7-9-15(10-8-14)18(21)19-16-11-12-16/h2-10,16H,11-13H2,1H3,(H,19,21). The van der Waals surface area contributed by atoms with E-state index in [1.165, 1.54) is 10.6 Å². The van der Waals surface area contributed by atoms with E-state index in [9.17, 15) is 13.2 Å². The summed E-state index contributed by atoms with van der Waals surface area (Å²) in [5.74, 6) is -0.0768. The maximum absolute atomic E-state index is 12.1. The zero-order valence-corrected chi connectivity index (χ0v) is 14.3. The summed E-state index contributed by atoms with van der Waals surface area (Å²) in [5, 5.41) is 2.94. The third-order valence-corrected chi connectivity index (χ3v) is 5.04. The molecule has 1 fully saturated rings. The van der Waals surface area contributed by atoms with Gasteiger partial charge in [-0.25, -0.2) is 8.42 Å². The second kappa shape index (κ2) is 6.65. The number of carbonyl (C=O) groups excluding carboxylic acids is 1. The van der Waals surface area contributed by atoms with Crippen LogP contribution in [0.4, 0.5) is 5.69 Å². The second-order valence-corrected chi connectivity index (χ2v) is 7.96. The summed E-state index contributed by atoms with van der Waals surface area (Å²) >= 11 is 0. The number of carbonyl (C=O) groups is 1. The van der Waals surface area contributed by atoms with Crippen molar-refractivity contribution in [1.82, 2.24) is 5.32 Å². The number of amides is 1. The molecule has 0 aliphatic heterocycles. The topological polar surface area (TPSA) is 66.5 Å². The average Bonchev–Trinajstić information content (AvgIpc) is 3.37. The molecule has 5 nitrogen and oxygen atoms in total. The predicted octanol–water partition coefficient (Wildman–Crippen LogP) is 2.54. The second-order valence-electron chi connectivity index (χ2n) is 6.05. The molecular formula is C18H20N2O3S. The van der Waals surface area contributed by atoms with E-state index in [0.29, 0.717) is 17.3 Å². The Morgan fingerprint density at radius 3 is 2.25 bits per heavy atom. The molecule has 1 aliphatic carbocycles. The molecular weight excluding hydrogens is 324 g/mol. The minimum atomic E-state index is -3.40. The van der Waals surface area contributed by atoms with E-state index in [2.05, 4.69) is 5.32 Å². The number of benzene rings is 2. The number of anilines is 1. The molecule has 126 valence electrons. The molecule has 2 aromatic rings. The molecule has 0 bridgehead atoms. The molecule has 0 aromatic heterocycles. The maximum Gasteiger partial charge on any atom is 0.251 e. The largest absolute Gasteiger partial charge is 0.349 e. The summed E-state index contributed by atoms with van der Waals surface area (Å²) < 4.78 is 25.6. The molecule has 0 radical (unpaired) electrons. The number of nitrogens with one attached hydrogen (secondary N) is 1. The van der Waals surface area contributed by atoms with Crippen LogP contribution in [0.3, 0.4) is 0 Å². The van der Waals surface area contributed by atoms with Crippen molar-refractivity contribution in [2.45, 2.75) is 25.4 Å². The van der Waals surface area contributed by atoms with Gasteiger partial charge in [-0.1, -0.05) is 30.3 Å². The van der Waals surface area contributed by atoms with Crippen molar-refractivity contribution in [3.63, 3.8) is 0 Å². The molecule has 3 rings (SSSR count). The molecule has 0 spiro atoms. The first-order valence-electron chi connectivity index (χ1n) is 7.86. The van der Waals surface area contributed by atoms with Gasteiger partial charge < -0.3 is 5.32 Å². The summed E-state index contributed by atoms with van der Waals surface area (Å²) in [6.45, 7) is 0.230. The van der Waals surface area contributed by atoms with Crippen molar-refractivity contribution in [2.75, 3.05) is 10.6 Å². The molecule has 2 aromatic carbocycles. The molecule has 6 heteroatoms. The van der Waals surface area contributed by atoms with Crippen LogP contribution in [0.1, 0.15) is 28.8 Å². The van der Waals surface area contributed by atoms with Gasteiger partial charge in [-0.05, 0) is 42.7 Å². The third kappa shape index (κ3) is 4.14. The van der Waals surface area contributed by atoms with Crippen LogP contribution in [0.5, 0.6) is 0 Å². The van der Waals surface area contributed by atoms with Crippen LogP contribution < -0.4 is 9.62 Å². The Kier molecular flexibility index (Phi) is 4.57. The van der Waals surface area contributed by atoms with Crippen molar-refractivity contribution in [3.05, 3.63) is 65.7 Å². The lowest BCUT2D eigenvalue weighted by atomic mass is 10.1. The lowest BCUT2D eigenvalue weighted by molar-refractivity contribution is 0.0951. The number of para-hydroxylation sites is 1. The zero-order chi connectivity index (χ0) is 17.2. The molecule has 24 heavy (non-hydrogen) atoms. The SMILES string of the molecule is CS(=O)(=O)N(Cc1ccc(C(=O)NC2CC2)cc1)c1ccccc1. The fourth-order valence-electron chi connectivity index (χ4n) is 2.42. The number of rotatable bonds is 6. The van der Waals surface area contributed by atoms with E-state index >= 15 is 0 Å². The van der Waals surface area contributed by atoms with Gasteiger partial charge >= 0.3 is 0 Å². The van der Waals surface area contributed by atoms with Crippen LogP contribution in [0.2, 0.25) is 0 Å². The van der Waals surface area contributed by atoms with Crippen LogP contribution in [0, 0.1) is 0 Å². The van der Waals surface area contributed by atoms with E-state index in [4.69, 9.17) is 0 Å². The number of nitrogens with zero attached hydrogens (tertiary/aromatic N) is 1. The quantitative estimate of drug-likeness (QED) is 0.876. The van der Waals surface area contributed by atoms with E-state index in [1.54, 1.807) is 48.5 Å². The highest BCUT2D eigenvalue weighted by molar-refractivity contribution is 7.92. The van der Waals surface area contributed by atoms with E-state index < -0.39 is 10.0 Å². The predicted molar refractivity (Wildman–Crippen MR) is 94.4 cm³/mol. The Bertz CT molecular complexity index is 813. The first-order valence-corrected chi connectivity index (χ1v) is 9.71. The number of sulfonamides is 1. The third-order valence-electron chi connectivity index (χ3n) is 3.90. The van der Waals surface area contributed by atoms with Gasteiger partial charge in [0.15, 0.2) is 0 Å². The van der Waals surface area contributed by atoms with Gasteiger partial charge in [0.1, 0.15) is 0 Å². The van der Waals surface area contributed by atoms with Gasteiger partial charge in [0.05, 0.1) is 18.5 Å². The van der Waals surface area contributed by atoms with Gasteiger partial charge in [-0.15, -0.1) is 0 Å². The summed E-state index contributed by atoms with van der Waals surface area (Å²) in [4.78, 5) is 12.0. The molecule has 1 amide bonds. The van der Waals surface area contributed by atoms with E-state index in [1.807, 2.05) is 6.07 Å². The fourth-order valence-corrected chi connectivity index (χ4v) is 3.31. The van der Waals surface area contributed by atoms with Crippen LogP contribution in [0.25, 0.3) is 0 Å². The minimum Gasteiger partial charge on any atom is -0.349 e. The Labute approximate surface area is 142 Å². The molecule has 0 atom stereocenters. The molecule has 1 N–H and O–H groups in total. The van der Waals surface area contributed by atoms with Crippen molar-refractivity contribution >= 4 is 21.6 Å². The molecule has 1 aliphatic rings. The van der Waals surface area contributed by atoms with Crippen LogP contribution in [-0.2, 0) is 16.6 Å². The van der Waals surface area contributed by atoms with Gasteiger partial charge in [0.2, 0.25) is 10.0 Å². The van der Waals surface area contributed by atoms with E-state index in [0.717, 1.165) is 18.4 Å². The molecule has 0 saturated heterocycles. The number of hydrogen-bond donors (Lipinski definition) is 1. The van der Waals surface area contributed by atoms with Crippen LogP contribution in [0.15, 0.2) is 54.6 Å². The van der Waals surface area contributed by atoms with Gasteiger partial charge in [0.25, 0.3) is 5.91 Å². The first kappa shape index (κ1) is 16.5. The molecule has 0 unspecified atom stereocenters. The summed E-state index contributed by atoms with van der Waals surface area (Å²) in [5.41, 5.74) is 2.04. The lowest BCUT2D eigenvalue weighted by Crippen LogP contribution is -2.29.